The van der Waals surface area contributed by atoms with E-state index in [1.807, 2.05) is 79.4 Å². The highest BCUT2D eigenvalue weighted by Crippen LogP contribution is 2.29. The standard InChI is InChI=1S/C29H31N3O3/c1-19(2)27(31-26(33)17-20-13-14-21-8-3-4-9-22(21)16-20)29(34)32-15-7-10-23(18-32)28-30-24-11-5-6-12-25(24)35-28/h3-6,8-9,11-14,16,19,23,27H,7,10,15,17-18H2,1-2H3,(H,31,33). The predicted molar refractivity (Wildman–Crippen MR) is 137 cm³/mol. The molecule has 1 aliphatic heterocycles. The number of likely N-dealkylation sites (tertiary alicyclic amines) is 1. The second kappa shape index (κ2) is 9.90. The molecule has 0 aliphatic carbocycles. The van der Waals surface area contributed by atoms with Gasteiger partial charge < -0.3 is 14.6 Å². The van der Waals surface area contributed by atoms with Gasteiger partial charge in [-0.3, -0.25) is 9.59 Å². The Morgan fingerprint density at radius 3 is 2.63 bits per heavy atom. The van der Waals surface area contributed by atoms with E-state index in [-0.39, 0.29) is 30.1 Å². The lowest BCUT2D eigenvalue weighted by Crippen LogP contribution is -2.53. The summed E-state index contributed by atoms with van der Waals surface area (Å²) in [6, 6.07) is 21.3. The topological polar surface area (TPSA) is 75.4 Å². The second-order valence-electron chi connectivity index (χ2n) is 9.79. The van der Waals surface area contributed by atoms with E-state index >= 15 is 0 Å². The normalized spacial score (nSPS) is 17.1. The van der Waals surface area contributed by atoms with E-state index in [0.717, 1.165) is 40.3 Å². The van der Waals surface area contributed by atoms with Gasteiger partial charge in [-0.2, -0.15) is 0 Å². The molecule has 2 heterocycles. The molecule has 6 heteroatoms. The van der Waals surface area contributed by atoms with Crippen molar-refractivity contribution in [3.05, 3.63) is 78.2 Å². The molecule has 1 aromatic heterocycles. The van der Waals surface area contributed by atoms with Gasteiger partial charge in [-0.1, -0.05) is 68.4 Å². The molecule has 1 saturated heterocycles. The molecule has 1 aliphatic rings. The number of hydrogen-bond donors (Lipinski definition) is 1. The minimum Gasteiger partial charge on any atom is -0.440 e. The van der Waals surface area contributed by atoms with Crippen LogP contribution in [0.5, 0.6) is 0 Å². The van der Waals surface area contributed by atoms with Crippen LogP contribution in [0.15, 0.2) is 71.1 Å². The van der Waals surface area contributed by atoms with Crippen molar-refractivity contribution in [2.45, 2.75) is 45.1 Å². The number of piperidine rings is 1. The van der Waals surface area contributed by atoms with Crippen LogP contribution in [0.3, 0.4) is 0 Å². The van der Waals surface area contributed by atoms with Crippen LogP contribution in [-0.4, -0.2) is 40.8 Å². The summed E-state index contributed by atoms with van der Waals surface area (Å²) < 4.78 is 5.99. The lowest BCUT2D eigenvalue weighted by molar-refractivity contribution is -0.138. The molecule has 0 saturated carbocycles. The van der Waals surface area contributed by atoms with Gasteiger partial charge in [0.1, 0.15) is 11.6 Å². The minimum atomic E-state index is -0.565. The van der Waals surface area contributed by atoms with E-state index in [0.29, 0.717) is 19.0 Å². The predicted octanol–water partition coefficient (Wildman–Crippen LogP) is 5.07. The molecule has 0 radical (unpaired) electrons. The molecule has 180 valence electrons. The number of para-hydroxylation sites is 2. The van der Waals surface area contributed by atoms with Crippen LogP contribution >= 0.6 is 0 Å². The van der Waals surface area contributed by atoms with Gasteiger partial charge in [-0.25, -0.2) is 4.98 Å². The van der Waals surface area contributed by atoms with Gasteiger partial charge in [0.2, 0.25) is 11.8 Å². The first-order valence-electron chi connectivity index (χ1n) is 12.4. The Hall–Kier alpha value is -3.67. The average Bonchev–Trinajstić information content (AvgIpc) is 3.31. The monoisotopic (exact) mass is 469 g/mol. The first-order chi connectivity index (χ1) is 17.0. The summed E-state index contributed by atoms with van der Waals surface area (Å²) in [7, 11) is 0. The molecule has 0 spiro atoms. The lowest BCUT2D eigenvalue weighted by atomic mass is 9.95. The fraction of sp³-hybridized carbons (Fsp3) is 0.345. The summed E-state index contributed by atoms with van der Waals surface area (Å²) in [5.74, 6) is 0.548. The van der Waals surface area contributed by atoms with Crippen molar-refractivity contribution in [1.29, 1.82) is 0 Å². The Labute approximate surface area is 205 Å². The van der Waals surface area contributed by atoms with Gasteiger partial charge in [0.15, 0.2) is 11.5 Å². The van der Waals surface area contributed by atoms with Crippen LogP contribution in [0.25, 0.3) is 21.9 Å². The zero-order valence-corrected chi connectivity index (χ0v) is 20.2. The Kier molecular flexibility index (Phi) is 6.53. The van der Waals surface area contributed by atoms with Crippen LogP contribution < -0.4 is 5.32 Å². The van der Waals surface area contributed by atoms with Crippen molar-refractivity contribution >= 4 is 33.7 Å². The summed E-state index contributed by atoms with van der Waals surface area (Å²) in [5.41, 5.74) is 2.55. The molecule has 2 amide bonds. The second-order valence-corrected chi connectivity index (χ2v) is 9.79. The third-order valence-electron chi connectivity index (χ3n) is 6.82. The number of benzene rings is 3. The van der Waals surface area contributed by atoms with Crippen molar-refractivity contribution < 1.29 is 14.0 Å². The van der Waals surface area contributed by atoms with E-state index < -0.39 is 6.04 Å². The van der Waals surface area contributed by atoms with E-state index in [9.17, 15) is 9.59 Å². The highest BCUT2D eigenvalue weighted by atomic mass is 16.3. The van der Waals surface area contributed by atoms with Crippen LogP contribution in [0.1, 0.15) is 44.1 Å². The molecule has 35 heavy (non-hydrogen) atoms. The molecule has 0 bridgehead atoms. The maximum atomic E-state index is 13.5. The molecule has 1 N–H and O–H groups in total. The first kappa shape index (κ1) is 23.1. The number of amides is 2. The zero-order chi connectivity index (χ0) is 24.4. The van der Waals surface area contributed by atoms with E-state index in [1.165, 1.54) is 0 Å². The van der Waals surface area contributed by atoms with Crippen LogP contribution in [-0.2, 0) is 16.0 Å². The third-order valence-corrected chi connectivity index (χ3v) is 6.82. The highest BCUT2D eigenvalue weighted by Gasteiger charge is 2.33. The molecule has 6 nitrogen and oxygen atoms in total. The summed E-state index contributed by atoms with van der Waals surface area (Å²) in [5, 5.41) is 5.27. The van der Waals surface area contributed by atoms with Crippen LogP contribution in [0, 0.1) is 5.92 Å². The number of nitrogens with one attached hydrogen (secondary N) is 1. The molecule has 3 aromatic carbocycles. The van der Waals surface area contributed by atoms with E-state index in [4.69, 9.17) is 4.42 Å². The minimum absolute atomic E-state index is 0.0206. The number of fused-ring (bicyclic) bond motifs is 2. The van der Waals surface area contributed by atoms with Crippen molar-refractivity contribution in [2.75, 3.05) is 13.1 Å². The lowest BCUT2D eigenvalue weighted by Gasteiger charge is -2.35. The van der Waals surface area contributed by atoms with Crippen molar-refractivity contribution in [1.82, 2.24) is 15.2 Å². The Balaban J connectivity index is 1.26. The first-order valence-corrected chi connectivity index (χ1v) is 12.4. The molecule has 1 fully saturated rings. The molecule has 5 rings (SSSR count). The van der Waals surface area contributed by atoms with Gasteiger partial charge in [-0.05, 0) is 47.2 Å². The number of hydrogen-bond acceptors (Lipinski definition) is 4. The fourth-order valence-electron chi connectivity index (χ4n) is 4.91. The molecule has 4 aromatic rings. The molecule has 2 atom stereocenters. The third kappa shape index (κ3) is 5.06. The number of carbonyl (C=O) groups is 2. The number of oxazole rings is 1. The number of carbonyl (C=O) groups excluding carboxylic acids is 2. The Bertz CT molecular complexity index is 1330. The Morgan fingerprint density at radius 2 is 1.83 bits per heavy atom. The van der Waals surface area contributed by atoms with Gasteiger partial charge in [0.25, 0.3) is 0 Å². The van der Waals surface area contributed by atoms with Crippen molar-refractivity contribution in [2.24, 2.45) is 5.92 Å². The smallest absolute Gasteiger partial charge is 0.245 e. The molecule has 2 unspecified atom stereocenters. The van der Waals surface area contributed by atoms with Gasteiger partial charge in [0.05, 0.1) is 12.3 Å². The van der Waals surface area contributed by atoms with Gasteiger partial charge in [0, 0.05) is 13.1 Å². The number of nitrogens with zero attached hydrogens (tertiary/aromatic N) is 2. The number of aromatic nitrogens is 1. The maximum Gasteiger partial charge on any atom is 0.245 e. The maximum absolute atomic E-state index is 13.5. The van der Waals surface area contributed by atoms with Crippen LogP contribution in [0.4, 0.5) is 0 Å². The van der Waals surface area contributed by atoms with Gasteiger partial charge in [-0.15, -0.1) is 0 Å². The summed E-state index contributed by atoms with van der Waals surface area (Å²) in [6.45, 7) is 5.18. The largest absolute Gasteiger partial charge is 0.440 e. The van der Waals surface area contributed by atoms with E-state index in [2.05, 4.69) is 16.4 Å². The van der Waals surface area contributed by atoms with E-state index in [1.54, 1.807) is 0 Å². The fourth-order valence-corrected chi connectivity index (χ4v) is 4.91. The van der Waals surface area contributed by atoms with Crippen LogP contribution in [0.2, 0.25) is 0 Å². The highest BCUT2D eigenvalue weighted by molar-refractivity contribution is 5.90. The van der Waals surface area contributed by atoms with Crippen molar-refractivity contribution in [3.8, 4) is 0 Å². The number of rotatable bonds is 6. The van der Waals surface area contributed by atoms with Crippen molar-refractivity contribution in [3.63, 3.8) is 0 Å². The zero-order valence-electron chi connectivity index (χ0n) is 20.2. The van der Waals surface area contributed by atoms with Gasteiger partial charge >= 0.3 is 0 Å². The average molecular weight is 470 g/mol. The SMILES string of the molecule is CC(C)C(NC(=O)Cc1ccc2ccccc2c1)C(=O)N1CCCC(c2nc3ccccc3o2)C1. The quantitative estimate of drug-likeness (QED) is 0.428. The summed E-state index contributed by atoms with van der Waals surface area (Å²) >= 11 is 0. The Morgan fingerprint density at radius 1 is 1.06 bits per heavy atom. The molecular formula is C29H31N3O3. The molecular weight excluding hydrogens is 438 g/mol. The summed E-state index contributed by atoms with van der Waals surface area (Å²) in [6.07, 6.45) is 2.05. The summed E-state index contributed by atoms with van der Waals surface area (Å²) in [4.78, 5) is 33.0.